The zero-order chi connectivity index (χ0) is 14.5. The van der Waals surface area contributed by atoms with E-state index < -0.39 is 5.97 Å². The predicted octanol–water partition coefficient (Wildman–Crippen LogP) is 1.31. The highest BCUT2D eigenvalue weighted by molar-refractivity contribution is 5.80. The molecule has 2 N–H and O–H groups in total. The molecule has 19 heavy (non-hydrogen) atoms. The highest BCUT2D eigenvalue weighted by Gasteiger charge is 2.30. The minimum Gasteiger partial charge on any atom is -0.480 e. The summed E-state index contributed by atoms with van der Waals surface area (Å²) in [5.74, 6) is -0.775. The van der Waals surface area contributed by atoms with Gasteiger partial charge < -0.3 is 20.1 Å². The Hall–Kier alpha value is -1.30. The minimum absolute atomic E-state index is 0.225. The van der Waals surface area contributed by atoms with E-state index >= 15 is 0 Å². The molecular formula is C13H24N2O4. The predicted molar refractivity (Wildman–Crippen MR) is 71.0 cm³/mol. The number of aliphatic carboxylic acids is 1. The molecule has 0 spiro atoms. The van der Waals surface area contributed by atoms with Crippen molar-refractivity contribution >= 4 is 12.0 Å². The molecular weight excluding hydrogens is 248 g/mol. The number of carboxylic acids is 1. The van der Waals surface area contributed by atoms with Crippen LogP contribution in [-0.2, 0) is 9.53 Å². The molecule has 0 aromatic rings. The zero-order valence-corrected chi connectivity index (χ0v) is 11.9. The van der Waals surface area contributed by atoms with Gasteiger partial charge in [-0.15, -0.1) is 0 Å². The van der Waals surface area contributed by atoms with E-state index in [0.29, 0.717) is 13.1 Å². The minimum atomic E-state index is -1.00. The second-order valence-electron chi connectivity index (χ2n) is 5.73. The smallest absolute Gasteiger partial charge is 0.323 e. The number of rotatable bonds is 6. The van der Waals surface area contributed by atoms with Crippen LogP contribution in [0.2, 0.25) is 0 Å². The van der Waals surface area contributed by atoms with Gasteiger partial charge in [-0.2, -0.15) is 0 Å². The second-order valence-corrected chi connectivity index (χ2v) is 5.73. The summed E-state index contributed by atoms with van der Waals surface area (Å²) in [5.41, 5.74) is -0.317. The summed E-state index contributed by atoms with van der Waals surface area (Å²) >= 11 is 0. The van der Waals surface area contributed by atoms with Gasteiger partial charge in [0.25, 0.3) is 0 Å². The highest BCUT2D eigenvalue weighted by Crippen LogP contribution is 2.23. The number of carbonyl (C=O) groups excluding carboxylic acids is 1. The van der Waals surface area contributed by atoms with Crippen molar-refractivity contribution in [1.82, 2.24) is 10.2 Å². The quantitative estimate of drug-likeness (QED) is 0.764. The molecule has 1 aliphatic rings. The van der Waals surface area contributed by atoms with Crippen molar-refractivity contribution in [3.63, 3.8) is 0 Å². The molecule has 1 rings (SSSR count). The molecule has 1 aliphatic heterocycles. The number of carbonyl (C=O) groups is 2. The molecule has 110 valence electrons. The first-order valence-corrected chi connectivity index (χ1v) is 6.71. The Morgan fingerprint density at radius 3 is 2.63 bits per heavy atom. The molecule has 1 unspecified atom stereocenters. The Kier molecular flexibility index (Phi) is 5.60. The lowest BCUT2D eigenvalue weighted by molar-refractivity contribution is -0.137. The maximum atomic E-state index is 12.0. The van der Waals surface area contributed by atoms with E-state index in [9.17, 15) is 9.59 Å². The molecule has 0 aromatic heterocycles. The van der Waals surface area contributed by atoms with Crippen molar-refractivity contribution in [2.75, 3.05) is 26.2 Å². The van der Waals surface area contributed by atoms with Gasteiger partial charge in [-0.1, -0.05) is 13.8 Å². The van der Waals surface area contributed by atoms with Crippen LogP contribution < -0.4 is 5.32 Å². The molecule has 0 saturated carbocycles. The summed E-state index contributed by atoms with van der Waals surface area (Å²) in [7, 11) is 0. The fourth-order valence-corrected chi connectivity index (χ4v) is 2.17. The van der Waals surface area contributed by atoms with Crippen LogP contribution >= 0.6 is 0 Å². The van der Waals surface area contributed by atoms with Crippen molar-refractivity contribution in [3.05, 3.63) is 0 Å². The first kappa shape index (κ1) is 15.8. The van der Waals surface area contributed by atoms with Gasteiger partial charge in [-0.25, -0.2) is 4.79 Å². The van der Waals surface area contributed by atoms with Gasteiger partial charge in [0.2, 0.25) is 0 Å². The number of hydrogen-bond acceptors (Lipinski definition) is 3. The van der Waals surface area contributed by atoms with Crippen molar-refractivity contribution in [3.8, 4) is 0 Å². The van der Waals surface area contributed by atoms with E-state index in [1.54, 1.807) is 0 Å². The Bertz CT molecular complexity index is 325. The van der Waals surface area contributed by atoms with Crippen molar-refractivity contribution < 1.29 is 19.4 Å². The van der Waals surface area contributed by atoms with Crippen molar-refractivity contribution in [2.24, 2.45) is 5.92 Å². The number of carboxylic acid groups (broad SMARTS) is 1. The van der Waals surface area contributed by atoms with Gasteiger partial charge >= 0.3 is 12.0 Å². The first-order chi connectivity index (χ1) is 8.82. The van der Waals surface area contributed by atoms with Gasteiger partial charge in [-0.3, -0.25) is 4.79 Å². The van der Waals surface area contributed by atoms with E-state index in [2.05, 4.69) is 5.32 Å². The molecule has 6 nitrogen and oxygen atoms in total. The number of nitrogens with zero attached hydrogens (tertiary/aromatic N) is 1. The van der Waals surface area contributed by atoms with Gasteiger partial charge in [0.1, 0.15) is 6.54 Å². The summed E-state index contributed by atoms with van der Waals surface area (Å²) < 4.78 is 5.58. The van der Waals surface area contributed by atoms with Crippen LogP contribution in [-0.4, -0.2) is 53.8 Å². The van der Waals surface area contributed by atoms with Crippen LogP contribution in [0.5, 0.6) is 0 Å². The Balaban J connectivity index is 2.48. The molecule has 0 radical (unpaired) electrons. The summed E-state index contributed by atoms with van der Waals surface area (Å²) in [5, 5.41) is 11.6. The molecule has 1 saturated heterocycles. The molecule has 1 atom stereocenters. The number of ether oxygens (including phenoxy) is 1. The average molecular weight is 272 g/mol. The Labute approximate surface area is 114 Å². The van der Waals surface area contributed by atoms with Crippen LogP contribution in [0.25, 0.3) is 0 Å². The summed E-state index contributed by atoms with van der Waals surface area (Å²) in [6.07, 6.45) is 1.91. The topological polar surface area (TPSA) is 78.9 Å². The zero-order valence-electron chi connectivity index (χ0n) is 11.9. The van der Waals surface area contributed by atoms with Crippen LogP contribution in [0.15, 0.2) is 0 Å². The van der Waals surface area contributed by atoms with E-state index in [1.165, 1.54) is 4.90 Å². The number of nitrogens with one attached hydrogen (secondary N) is 1. The largest absolute Gasteiger partial charge is 0.480 e. The lowest BCUT2D eigenvalue weighted by Gasteiger charge is -2.27. The maximum absolute atomic E-state index is 12.0. The summed E-state index contributed by atoms with van der Waals surface area (Å²) in [6.45, 7) is 7.14. The van der Waals surface area contributed by atoms with Gasteiger partial charge in [0, 0.05) is 19.7 Å². The summed E-state index contributed by atoms with van der Waals surface area (Å²) in [6, 6.07) is -0.340. The first-order valence-electron chi connectivity index (χ1n) is 6.71. The monoisotopic (exact) mass is 272 g/mol. The van der Waals surface area contributed by atoms with E-state index in [0.717, 1.165) is 19.4 Å². The second kappa shape index (κ2) is 6.75. The van der Waals surface area contributed by atoms with Gasteiger partial charge in [0.05, 0.1) is 5.60 Å². The van der Waals surface area contributed by atoms with Crippen molar-refractivity contribution in [1.29, 1.82) is 0 Å². The number of urea groups is 1. The molecule has 0 bridgehead atoms. The van der Waals surface area contributed by atoms with Crippen LogP contribution in [0, 0.1) is 5.92 Å². The van der Waals surface area contributed by atoms with Crippen LogP contribution in [0.4, 0.5) is 4.79 Å². The summed E-state index contributed by atoms with van der Waals surface area (Å²) in [4.78, 5) is 24.1. The van der Waals surface area contributed by atoms with Gasteiger partial charge in [-0.05, 0) is 25.7 Å². The SMILES string of the molecule is CC(C)CN(CC(=O)O)C(=O)NCC1(C)CCCO1. The van der Waals surface area contributed by atoms with Crippen molar-refractivity contribution in [2.45, 2.75) is 39.2 Å². The maximum Gasteiger partial charge on any atom is 0.323 e. The fourth-order valence-electron chi connectivity index (χ4n) is 2.17. The highest BCUT2D eigenvalue weighted by atomic mass is 16.5. The Morgan fingerprint density at radius 2 is 2.16 bits per heavy atom. The molecule has 0 aliphatic carbocycles. The third-order valence-corrected chi connectivity index (χ3v) is 3.11. The van der Waals surface area contributed by atoms with Crippen LogP contribution in [0.1, 0.15) is 33.6 Å². The van der Waals surface area contributed by atoms with E-state index in [-0.39, 0.29) is 24.1 Å². The lowest BCUT2D eigenvalue weighted by Crippen LogP contribution is -2.48. The number of hydrogen-bond donors (Lipinski definition) is 2. The van der Waals surface area contributed by atoms with Gasteiger partial charge in [0.15, 0.2) is 0 Å². The van der Waals surface area contributed by atoms with E-state index in [4.69, 9.17) is 9.84 Å². The standard InChI is InChI=1S/C13H24N2O4/c1-10(2)7-15(8-11(16)17)12(18)14-9-13(3)5-4-6-19-13/h10H,4-9H2,1-3H3,(H,14,18)(H,16,17). The van der Waals surface area contributed by atoms with Crippen LogP contribution in [0.3, 0.4) is 0 Å². The number of amides is 2. The Morgan fingerprint density at radius 1 is 1.47 bits per heavy atom. The molecule has 1 fully saturated rings. The lowest BCUT2D eigenvalue weighted by atomic mass is 10.0. The third-order valence-electron chi connectivity index (χ3n) is 3.11. The molecule has 0 aromatic carbocycles. The molecule has 6 heteroatoms. The average Bonchev–Trinajstić information content (AvgIpc) is 2.71. The normalized spacial score (nSPS) is 22.5. The molecule has 1 heterocycles. The third kappa shape index (κ3) is 5.46. The van der Waals surface area contributed by atoms with E-state index in [1.807, 2.05) is 20.8 Å². The fraction of sp³-hybridized carbons (Fsp3) is 0.846. The molecule has 2 amide bonds.